The van der Waals surface area contributed by atoms with Gasteiger partial charge >= 0.3 is 0 Å². The molecule has 1 aliphatic carbocycles. The van der Waals surface area contributed by atoms with E-state index in [0.717, 1.165) is 23.3 Å². The third-order valence-corrected chi connectivity index (χ3v) is 6.29. The van der Waals surface area contributed by atoms with E-state index in [1.54, 1.807) is 0 Å². The molecule has 0 saturated heterocycles. The lowest BCUT2D eigenvalue weighted by Gasteiger charge is -2.28. The molecule has 0 radical (unpaired) electrons. The number of hydrogen-bond acceptors (Lipinski definition) is 4. The van der Waals surface area contributed by atoms with Crippen LogP contribution in [0.1, 0.15) is 40.9 Å². The van der Waals surface area contributed by atoms with Crippen LogP contribution in [0.25, 0.3) is 0 Å². The molecule has 19 heavy (non-hydrogen) atoms. The fraction of sp³-hybridized carbons (Fsp3) is 0.615. The molecule has 1 aromatic rings. The van der Waals surface area contributed by atoms with Crippen LogP contribution in [0.4, 0.5) is 0 Å². The highest BCUT2D eigenvalue weighted by Gasteiger charge is 2.30. The van der Waals surface area contributed by atoms with Gasteiger partial charge in [0.2, 0.25) is 0 Å². The van der Waals surface area contributed by atoms with Gasteiger partial charge < -0.3 is 5.32 Å². The van der Waals surface area contributed by atoms with Gasteiger partial charge in [0.05, 0.1) is 10.1 Å². The average Bonchev–Trinajstić information content (AvgIpc) is 2.75. The molecule has 6 heteroatoms. The maximum atomic E-state index is 12.1. The van der Waals surface area contributed by atoms with Crippen LogP contribution in [0.15, 0.2) is 11.4 Å². The van der Waals surface area contributed by atoms with Gasteiger partial charge in [0.1, 0.15) is 9.84 Å². The average molecular weight is 301 g/mol. The first-order valence-corrected chi connectivity index (χ1v) is 9.25. The van der Waals surface area contributed by atoms with E-state index in [1.165, 1.54) is 17.6 Å². The first-order valence-electron chi connectivity index (χ1n) is 6.41. The lowest BCUT2D eigenvalue weighted by atomic mass is 9.95. The zero-order valence-corrected chi connectivity index (χ0v) is 12.8. The lowest BCUT2D eigenvalue weighted by Crippen LogP contribution is -2.41. The standard InChI is InChI=1S/C13H19NO3S2/c1-9-6-7-18-12(9)13(15)14-10-4-3-5-11(8-10)19(2,16)17/h6-7,10-11H,3-5,8H2,1-2H3,(H,14,15). The molecule has 1 aromatic heterocycles. The fourth-order valence-corrected chi connectivity index (χ4v) is 4.53. The predicted octanol–water partition coefficient (Wildman–Crippen LogP) is 2.14. The SMILES string of the molecule is Cc1ccsc1C(=O)NC1CCCC(S(C)(=O)=O)C1. The van der Waals surface area contributed by atoms with Crippen LogP contribution in [0.2, 0.25) is 0 Å². The Morgan fingerprint density at radius 1 is 1.42 bits per heavy atom. The highest BCUT2D eigenvalue weighted by Crippen LogP contribution is 2.24. The zero-order valence-electron chi connectivity index (χ0n) is 11.2. The van der Waals surface area contributed by atoms with Crippen LogP contribution in [0, 0.1) is 6.92 Å². The van der Waals surface area contributed by atoms with Crippen LogP contribution in [0.3, 0.4) is 0 Å². The molecule has 1 aliphatic rings. The number of aryl methyl sites for hydroxylation is 1. The summed E-state index contributed by atoms with van der Waals surface area (Å²) in [5, 5.41) is 4.56. The summed E-state index contributed by atoms with van der Waals surface area (Å²) in [6, 6.07) is 1.89. The van der Waals surface area contributed by atoms with Crippen LogP contribution < -0.4 is 5.32 Å². The van der Waals surface area contributed by atoms with E-state index in [4.69, 9.17) is 0 Å². The van der Waals surface area contributed by atoms with Crippen molar-refractivity contribution >= 4 is 27.1 Å². The molecule has 1 heterocycles. The van der Waals surface area contributed by atoms with Crippen molar-refractivity contribution in [2.24, 2.45) is 0 Å². The molecule has 1 saturated carbocycles. The van der Waals surface area contributed by atoms with E-state index in [0.29, 0.717) is 12.8 Å². The largest absolute Gasteiger partial charge is 0.349 e. The second-order valence-corrected chi connectivity index (χ2v) is 8.46. The third-order valence-electron chi connectivity index (χ3n) is 3.64. The summed E-state index contributed by atoms with van der Waals surface area (Å²) in [7, 11) is -3.01. The van der Waals surface area contributed by atoms with Gasteiger partial charge in [-0.05, 0) is 43.2 Å². The van der Waals surface area contributed by atoms with Crippen LogP contribution >= 0.6 is 11.3 Å². The smallest absolute Gasteiger partial charge is 0.261 e. The van der Waals surface area contributed by atoms with Gasteiger partial charge in [0, 0.05) is 12.3 Å². The second kappa shape index (κ2) is 5.63. The Labute approximate surface area is 118 Å². The van der Waals surface area contributed by atoms with E-state index < -0.39 is 9.84 Å². The molecule has 0 bridgehead atoms. The number of hydrogen-bond donors (Lipinski definition) is 1. The minimum absolute atomic E-state index is 0.0255. The minimum Gasteiger partial charge on any atom is -0.349 e. The van der Waals surface area contributed by atoms with E-state index in [1.807, 2.05) is 18.4 Å². The Balaban J connectivity index is 2.00. The van der Waals surface area contributed by atoms with Crippen molar-refractivity contribution in [2.75, 3.05) is 6.26 Å². The quantitative estimate of drug-likeness (QED) is 0.930. The Morgan fingerprint density at radius 2 is 2.16 bits per heavy atom. The summed E-state index contributed by atoms with van der Waals surface area (Å²) in [5.41, 5.74) is 0.970. The number of sulfone groups is 1. The molecule has 0 aliphatic heterocycles. The van der Waals surface area contributed by atoms with Crippen molar-refractivity contribution in [3.8, 4) is 0 Å². The Bertz CT molecular complexity index is 562. The van der Waals surface area contributed by atoms with Gasteiger partial charge in [-0.1, -0.05) is 6.42 Å². The molecule has 4 nitrogen and oxygen atoms in total. The highest BCUT2D eigenvalue weighted by molar-refractivity contribution is 7.91. The van der Waals surface area contributed by atoms with E-state index in [9.17, 15) is 13.2 Å². The molecule has 0 spiro atoms. The topological polar surface area (TPSA) is 63.2 Å². The van der Waals surface area contributed by atoms with Crippen molar-refractivity contribution in [3.05, 3.63) is 21.9 Å². The first kappa shape index (κ1) is 14.5. The van der Waals surface area contributed by atoms with Gasteiger partial charge in [0.15, 0.2) is 0 Å². The molecule has 106 valence electrons. The maximum Gasteiger partial charge on any atom is 0.261 e. The number of carbonyl (C=O) groups excluding carboxylic acids is 1. The van der Waals surface area contributed by atoms with Crippen molar-refractivity contribution in [2.45, 2.75) is 43.9 Å². The molecule has 0 aromatic carbocycles. The summed E-state index contributed by atoms with van der Waals surface area (Å²) in [6.07, 6.45) is 4.25. The van der Waals surface area contributed by atoms with Gasteiger partial charge in [-0.3, -0.25) is 4.79 Å². The Kier molecular flexibility index (Phi) is 4.30. The lowest BCUT2D eigenvalue weighted by molar-refractivity contribution is 0.0931. The van der Waals surface area contributed by atoms with Crippen molar-refractivity contribution in [3.63, 3.8) is 0 Å². The number of rotatable bonds is 3. The van der Waals surface area contributed by atoms with E-state index in [2.05, 4.69) is 5.32 Å². The first-order chi connectivity index (χ1) is 8.88. The number of carbonyl (C=O) groups is 1. The van der Waals surface area contributed by atoms with Crippen molar-refractivity contribution in [1.29, 1.82) is 0 Å². The van der Waals surface area contributed by atoms with Crippen molar-refractivity contribution < 1.29 is 13.2 Å². The minimum atomic E-state index is -3.01. The molecule has 1 fully saturated rings. The number of thiophene rings is 1. The zero-order chi connectivity index (χ0) is 14.0. The second-order valence-electron chi connectivity index (χ2n) is 5.22. The van der Waals surface area contributed by atoms with Gasteiger partial charge in [0.25, 0.3) is 5.91 Å². The maximum absolute atomic E-state index is 12.1. The van der Waals surface area contributed by atoms with Gasteiger partial charge in [-0.25, -0.2) is 8.42 Å². The molecule has 1 amide bonds. The summed E-state index contributed by atoms with van der Waals surface area (Å²) in [4.78, 5) is 12.8. The highest BCUT2D eigenvalue weighted by atomic mass is 32.2. The monoisotopic (exact) mass is 301 g/mol. The van der Waals surface area contributed by atoms with Gasteiger partial charge in [-0.2, -0.15) is 0 Å². The molecular weight excluding hydrogens is 282 g/mol. The van der Waals surface area contributed by atoms with Crippen LogP contribution in [-0.2, 0) is 9.84 Å². The summed E-state index contributed by atoms with van der Waals surface area (Å²) >= 11 is 1.42. The summed E-state index contributed by atoms with van der Waals surface area (Å²) < 4.78 is 23.2. The summed E-state index contributed by atoms with van der Waals surface area (Å²) in [5.74, 6) is -0.0772. The molecule has 2 atom stereocenters. The molecule has 2 unspecified atom stereocenters. The van der Waals surface area contributed by atoms with Crippen LogP contribution in [-0.4, -0.2) is 31.9 Å². The summed E-state index contributed by atoms with van der Waals surface area (Å²) in [6.45, 7) is 1.91. The third kappa shape index (κ3) is 3.57. The predicted molar refractivity (Wildman–Crippen MR) is 77.4 cm³/mol. The number of nitrogens with one attached hydrogen (secondary N) is 1. The normalized spacial score (nSPS) is 24.1. The van der Waals surface area contributed by atoms with Crippen LogP contribution in [0.5, 0.6) is 0 Å². The Hall–Kier alpha value is -0.880. The fourth-order valence-electron chi connectivity index (χ4n) is 2.52. The Morgan fingerprint density at radius 3 is 2.74 bits per heavy atom. The van der Waals surface area contributed by atoms with E-state index in [-0.39, 0.29) is 17.2 Å². The van der Waals surface area contributed by atoms with Gasteiger partial charge in [-0.15, -0.1) is 11.3 Å². The van der Waals surface area contributed by atoms with Crippen molar-refractivity contribution in [1.82, 2.24) is 5.32 Å². The van der Waals surface area contributed by atoms with E-state index >= 15 is 0 Å². The number of amides is 1. The molecule has 1 N–H and O–H groups in total. The molecule has 2 rings (SSSR count). The molecular formula is C13H19NO3S2.